The topological polar surface area (TPSA) is 92.6 Å². The number of fused-ring (bicyclic) bond motifs is 1. The van der Waals surface area contributed by atoms with E-state index in [1.54, 1.807) is 18.6 Å². The van der Waals surface area contributed by atoms with E-state index in [1.165, 1.54) is 44.4 Å². The standard InChI is InChI=1S/C36H45FN8O2/c1-22(2)33(24-9-28(10-24)44-13-25-15-46-16-26(25)14-44)45-18-36(19-45)7-8-43(17-36)34-35(42-41-21-40-34)47-31-6-5-27(37)11-29(31)30-12-38-20-39-32(30)23-3-4-23/h5-6,11-12,20-26,28,33H,3-4,7-10,13-19H2,1-2H3/t24?,25-,26+,28?,33-/m0/s1. The first-order chi connectivity index (χ1) is 22.9. The lowest BCUT2D eigenvalue weighted by molar-refractivity contribution is -0.0792. The van der Waals surface area contributed by atoms with E-state index in [1.807, 2.05) is 0 Å². The quantitative estimate of drug-likeness (QED) is 0.317. The van der Waals surface area contributed by atoms with Gasteiger partial charge in [0.05, 0.1) is 18.9 Å². The average Bonchev–Trinajstić information content (AvgIpc) is 3.42. The molecule has 0 N–H and O–H groups in total. The maximum atomic E-state index is 14.6. The van der Waals surface area contributed by atoms with E-state index in [9.17, 15) is 4.39 Å². The van der Waals surface area contributed by atoms with Crippen LogP contribution < -0.4 is 9.64 Å². The Morgan fingerprint density at radius 2 is 1.81 bits per heavy atom. The van der Waals surface area contributed by atoms with Crippen molar-refractivity contribution in [3.8, 4) is 22.8 Å². The van der Waals surface area contributed by atoms with Gasteiger partial charge in [-0.1, -0.05) is 13.8 Å². The predicted octanol–water partition coefficient (Wildman–Crippen LogP) is 5.03. The number of likely N-dealkylation sites (tertiary alicyclic amines) is 2. The van der Waals surface area contributed by atoms with Crippen LogP contribution in [0.15, 0.2) is 37.1 Å². The molecule has 2 aromatic heterocycles. The molecule has 11 heteroatoms. The second-order valence-corrected chi connectivity index (χ2v) is 15.6. The molecule has 4 saturated heterocycles. The van der Waals surface area contributed by atoms with Gasteiger partial charge >= 0.3 is 0 Å². The molecule has 2 aliphatic carbocycles. The maximum absolute atomic E-state index is 14.6. The molecule has 47 heavy (non-hydrogen) atoms. The summed E-state index contributed by atoms with van der Waals surface area (Å²) in [4.78, 5) is 21.3. The molecule has 3 atom stereocenters. The number of nitrogens with zero attached hydrogens (tertiary/aromatic N) is 8. The molecule has 3 aromatic rings. The minimum atomic E-state index is -0.336. The van der Waals surface area contributed by atoms with Gasteiger partial charge < -0.3 is 14.4 Å². The second kappa shape index (κ2) is 11.7. The van der Waals surface area contributed by atoms with Crippen LogP contribution in [-0.4, -0.2) is 99.5 Å². The zero-order valence-electron chi connectivity index (χ0n) is 27.5. The Morgan fingerprint density at radius 1 is 1.00 bits per heavy atom. The van der Waals surface area contributed by atoms with Crippen LogP contribution in [0.3, 0.4) is 0 Å². The van der Waals surface area contributed by atoms with Crippen molar-refractivity contribution in [2.75, 3.05) is 57.4 Å². The van der Waals surface area contributed by atoms with E-state index in [0.29, 0.717) is 40.9 Å². The molecule has 4 aliphatic heterocycles. The monoisotopic (exact) mass is 640 g/mol. The summed E-state index contributed by atoms with van der Waals surface area (Å²) in [5.74, 6) is 4.55. The van der Waals surface area contributed by atoms with Crippen molar-refractivity contribution >= 4 is 5.82 Å². The molecule has 9 rings (SSSR count). The highest BCUT2D eigenvalue weighted by Gasteiger charge is 2.54. The number of aromatic nitrogens is 5. The summed E-state index contributed by atoms with van der Waals surface area (Å²) in [5.41, 5.74) is 2.62. The van der Waals surface area contributed by atoms with Crippen LogP contribution in [-0.2, 0) is 4.74 Å². The summed E-state index contributed by atoms with van der Waals surface area (Å²) < 4.78 is 26.7. The molecule has 6 heterocycles. The minimum absolute atomic E-state index is 0.256. The highest BCUT2D eigenvalue weighted by molar-refractivity contribution is 5.73. The first kappa shape index (κ1) is 29.8. The smallest absolute Gasteiger partial charge is 0.282 e. The predicted molar refractivity (Wildman–Crippen MR) is 175 cm³/mol. The molecule has 6 fully saturated rings. The summed E-state index contributed by atoms with van der Waals surface area (Å²) in [6.07, 6.45) is 10.8. The first-order valence-corrected chi connectivity index (χ1v) is 17.7. The lowest BCUT2D eigenvalue weighted by atomic mass is 9.68. The first-order valence-electron chi connectivity index (χ1n) is 17.7. The van der Waals surface area contributed by atoms with Crippen molar-refractivity contribution in [3.05, 3.63) is 48.6 Å². The van der Waals surface area contributed by atoms with Gasteiger partial charge in [0.1, 0.15) is 24.2 Å². The van der Waals surface area contributed by atoms with Crippen LogP contribution in [0.2, 0.25) is 0 Å². The molecule has 1 aromatic carbocycles. The van der Waals surface area contributed by atoms with Gasteiger partial charge in [0, 0.05) is 91.8 Å². The molecule has 2 saturated carbocycles. The van der Waals surface area contributed by atoms with Crippen molar-refractivity contribution < 1.29 is 13.9 Å². The van der Waals surface area contributed by atoms with E-state index in [4.69, 9.17) is 9.47 Å². The van der Waals surface area contributed by atoms with Gasteiger partial charge in [-0.2, -0.15) is 0 Å². The number of rotatable bonds is 9. The van der Waals surface area contributed by atoms with Crippen LogP contribution in [0.25, 0.3) is 11.1 Å². The number of benzene rings is 1. The average molecular weight is 641 g/mol. The lowest BCUT2D eigenvalue weighted by Gasteiger charge is -2.57. The number of ether oxygens (including phenoxy) is 2. The molecule has 10 nitrogen and oxygen atoms in total. The zero-order chi connectivity index (χ0) is 31.7. The molecule has 1 spiro atoms. The number of hydrogen-bond donors (Lipinski definition) is 0. The van der Waals surface area contributed by atoms with Gasteiger partial charge in [-0.25, -0.2) is 19.3 Å². The fourth-order valence-corrected chi connectivity index (χ4v) is 9.57. The van der Waals surface area contributed by atoms with Crippen molar-refractivity contribution in [1.29, 1.82) is 0 Å². The Balaban J connectivity index is 0.870. The Bertz CT molecular complexity index is 1610. The van der Waals surface area contributed by atoms with Crippen molar-refractivity contribution in [2.45, 2.75) is 64.0 Å². The third-order valence-electron chi connectivity index (χ3n) is 12.1. The van der Waals surface area contributed by atoms with E-state index in [-0.39, 0.29) is 11.2 Å². The van der Waals surface area contributed by atoms with Crippen LogP contribution in [0.1, 0.15) is 57.6 Å². The SMILES string of the molecule is CC(C)[C@@H](C1CC(N2C[C@H]3COC[C@H]3C2)C1)N1CC2(CCN(c3ncnnc3Oc3ccc(F)cc3-c3cncnc3C3CC3)C2)C1. The largest absolute Gasteiger partial charge is 0.434 e. The van der Waals surface area contributed by atoms with Crippen molar-refractivity contribution in [3.63, 3.8) is 0 Å². The van der Waals surface area contributed by atoms with Crippen LogP contribution in [0.5, 0.6) is 11.6 Å². The van der Waals surface area contributed by atoms with Gasteiger partial charge in [0.25, 0.3) is 5.88 Å². The van der Waals surface area contributed by atoms with E-state index in [2.05, 4.69) is 53.7 Å². The number of halogens is 1. The van der Waals surface area contributed by atoms with Gasteiger partial charge in [-0.3, -0.25) is 9.80 Å². The fraction of sp³-hybridized carbons (Fsp3) is 0.639. The summed E-state index contributed by atoms with van der Waals surface area (Å²) in [6, 6.07) is 5.98. The molecule has 0 unspecified atom stereocenters. The van der Waals surface area contributed by atoms with E-state index in [0.717, 1.165) is 93.7 Å². The Kier molecular flexibility index (Phi) is 7.43. The maximum Gasteiger partial charge on any atom is 0.282 e. The fourth-order valence-electron chi connectivity index (χ4n) is 9.57. The van der Waals surface area contributed by atoms with Crippen molar-refractivity contribution in [2.24, 2.45) is 29.1 Å². The normalized spacial score (nSPS) is 29.2. The summed E-state index contributed by atoms with van der Waals surface area (Å²) in [6.45, 7) is 13.3. The molecule has 0 radical (unpaired) electrons. The Hall–Kier alpha value is -3.28. The summed E-state index contributed by atoms with van der Waals surface area (Å²) in [7, 11) is 0. The van der Waals surface area contributed by atoms with E-state index >= 15 is 0 Å². The molecular weight excluding hydrogens is 595 g/mol. The molecule has 0 amide bonds. The zero-order valence-corrected chi connectivity index (χ0v) is 27.5. The third kappa shape index (κ3) is 5.48. The van der Waals surface area contributed by atoms with Crippen LogP contribution in [0.4, 0.5) is 10.2 Å². The molecule has 248 valence electrons. The molecule has 0 bridgehead atoms. The third-order valence-corrected chi connectivity index (χ3v) is 12.1. The Morgan fingerprint density at radius 3 is 2.57 bits per heavy atom. The second-order valence-electron chi connectivity index (χ2n) is 15.6. The van der Waals surface area contributed by atoms with Crippen LogP contribution >= 0.6 is 0 Å². The summed E-state index contributed by atoms with van der Waals surface area (Å²) in [5, 5.41) is 8.45. The van der Waals surface area contributed by atoms with Gasteiger partial charge in [-0.05, 0) is 62.1 Å². The summed E-state index contributed by atoms with van der Waals surface area (Å²) >= 11 is 0. The Labute approximate surface area is 276 Å². The van der Waals surface area contributed by atoms with Crippen molar-refractivity contribution in [1.82, 2.24) is 34.9 Å². The molecule has 6 aliphatic rings. The number of anilines is 1. The molecular formula is C36H45FN8O2. The minimum Gasteiger partial charge on any atom is -0.434 e. The van der Waals surface area contributed by atoms with E-state index < -0.39 is 0 Å². The number of hydrogen-bond acceptors (Lipinski definition) is 10. The van der Waals surface area contributed by atoms with Gasteiger partial charge in [0.15, 0.2) is 5.82 Å². The highest BCUT2D eigenvalue weighted by atomic mass is 19.1. The van der Waals surface area contributed by atoms with Gasteiger partial charge in [0.2, 0.25) is 0 Å². The van der Waals surface area contributed by atoms with Crippen LogP contribution in [0, 0.1) is 34.9 Å². The van der Waals surface area contributed by atoms with Gasteiger partial charge in [-0.15, -0.1) is 10.2 Å². The highest BCUT2D eigenvalue weighted by Crippen LogP contribution is 2.49. The lowest BCUT2D eigenvalue weighted by Crippen LogP contribution is -2.65.